The minimum Gasteiger partial charge on any atom is -0.396 e. The number of nitrogens with zero attached hydrogens (tertiary/aromatic N) is 3. The van der Waals surface area contributed by atoms with E-state index in [4.69, 9.17) is 5.73 Å². The molecule has 0 atom stereocenters. The molecule has 88 valence electrons. The van der Waals surface area contributed by atoms with E-state index in [2.05, 4.69) is 15.4 Å². The molecule has 2 rings (SSSR count). The fraction of sp³-hybridized carbons (Fsp3) is 0.182. The first kappa shape index (κ1) is 11.1. The molecule has 3 N–H and O–H groups in total. The lowest BCUT2D eigenvalue weighted by molar-refractivity contribution is 0.101. The third-order valence-corrected chi connectivity index (χ3v) is 2.33. The highest BCUT2D eigenvalue weighted by Crippen LogP contribution is 2.16. The van der Waals surface area contributed by atoms with Crippen LogP contribution >= 0.6 is 0 Å². The normalized spacial score (nSPS) is 10.2. The number of aryl methyl sites for hydroxylation is 2. The van der Waals surface area contributed by atoms with E-state index in [1.165, 1.54) is 10.9 Å². The maximum Gasteiger partial charge on any atom is 0.273 e. The average Bonchev–Trinajstić information content (AvgIpc) is 2.61. The predicted octanol–water partition coefficient (Wildman–Crippen LogP) is 0.958. The van der Waals surface area contributed by atoms with Crippen molar-refractivity contribution in [1.29, 1.82) is 0 Å². The maximum absolute atomic E-state index is 12.0. The molecule has 6 nitrogen and oxygen atoms in total. The Morgan fingerprint density at radius 2 is 2.29 bits per heavy atom. The van der Waals surface area contributed by atoms with Crippen LogP contribution in [0.5, 0.6) is 0 Å². The van der Waals surface area contributed by atoms with Crippen molar-refractivity contribution in [1.82, 2.24) is 14.8 Å². The number of rotatable bonds is 2. The van der Waals surface area contributed by atoms with Gasteiger partial charge in [-0.2, -0.15) is 5.10 Å². The van der Waals surface area contributed by atoms with Crippen LogP contribution in [0.4, 0.5) is 11.4 Å². The molecule has 0 aliphatic heterocycles. The van der Waals surface area contributed by atoms with Crippen LogP contribution in [0.3, 0.4) is 0 Å². The molecular weight excluding hydrogens is 218 g/mol. The van der Waals surface area contributed by atoms with E-state index in [0.717, 1.165) is 5.69 Å². The highest BCUT2D eigenvalue weighted by atomic mass is 16.2. The number of nitrogen functional groups attached to an aromatic ring is 1. The van der Waals surface area contributed by atoms with E-state index >= 15 is 0 Å². The number of hydrogen-bond donors (Lipinski definition) is 2. The van der Waals surface area contributed by atoms with Gasteiger partial charge in [-0.05, 0) is 19.1 Å². The monoisotopic (exact) mass is 231 g/mol. The lowest BCUT2D eigenvalue weighted by atomic mass is 10.3. The number of hydrogen-bond acceptors (Lipinski definition) is 4. The molecule has 0 saturated carbocycles. The number of nitrogens with one attached hydrogen (secondary N) is 1. The standard InChI is InChI=1S/C11H13N5O/c1-7-5-10(16(2)15-7)11(17)14-9-3-4-13-6-8(9)12/h3-6H,12H2,1-2H3,(H,13,14,17). The number of carbonyl (C=O) groups is 1. The van der Waals surface area contributed by atoms with Gasteiger partial charge in [0.25, 0.3) is 5.91 Å². The van der Waals surface area contributed by atoms with Crippen LogP contribution in [0.1, 0.15) is 16.2 Å². The lowest BCUT2D eigenvalue weighted by Crippen LogP contribution is -2.16. The van der Waals surface area contributed by atoms with Gasteiger partial charge in [0.05, 0.1) is 23.3 Å². The number of pyridine rings is 1. The highest BCUT2D eigenvalue weighted by molar-refractivity contribution is 6.04. The third-order valence-electron chi connectivity index (χ3n) is 2.33. The van der Waals surface area contributed by atoms with Crippen molar-refractivity contribution in [2.24, 2.45) is 7.05 Å². The van der Waals surface area contributed by atoms with E-state index < -0.39 is 0 Å². The van der Waals surface area contributed by atoms with Gasteiger partial charge >= 0.3 is 0 Å². The largest absolute Gasteiger partial charge is 0.396 e. The van der Waals surface area contributed by atoms with Crippen molar-refractivity contribution in [3.05, 3.63) is 35.9 Å². The first-order valence-electron chi connectivity index (χ1n) is 5.09. The second-order valence-corrected chi connectivity index (χ2v) is 3.71. The summed E-state index contributed by atoms with van der Waals surface area (Å²) in [5.41, 5.74) is 7.94. The summed E-state index contributed by atoms with van der Waals surface area (Å²) < 4.78 is 1.53. The van der Waals surface area contributed by atoms with Crippen LogP contribution in [-0.2, 0) is 7.05 Å². The van der Waals surface area contributed by atoms with E-state index in [1.54, 1.807) is 25.4 Å². The summed E-state index contributed by atoms with van der Waals surface area (Å²) in [5, 5.41) is 6.82. The SMILES string of the molecule is Cc1cc(C(=O)Nc2ccncc2N)n(C)n1. The summed E-state index contributed by atoms with van der Waals surface area (Å²) in [6.07, 6.45) is 3.06. The second-order valence-electron chi connectivity index (χ2n) is 3.71. The Labute approximate surface area is 98.5 Å². The Kier molecular flexibility index (Phi) is 2.78. The number of amides is 1. The highest BCUT2D eigenvalue weighted by Gasteiger charge is 2.12. The van der Waals surface area contributed by atoms with Gasteiger partial charge in [0.15, 0.2) is 0 Å². The quantitative estimate of drug-likeness (QED) is 0.806. The molecular formula is C11H13N5O. The molecule has 1 amide bonds. The average molecular weight is 231 g/mol. The molecule has 17 heavy (non-hydrogen) atoms. The Balaban J connectivity index is 2.23. The summed E-state index contributed by atoms with van der Waals surface area (Å²) >= 11 is 0. The van der Waals surface area contributed by atoms with Crippen molar-refractivity contribution >= 4 is 17.3 Å². The first-order chi connectivity index (χ1) is 8.08. The molecule has 2 aromatic rings. The minimum atomic E-state index is -0.244. The van der Waals surface area contributed by atoms with Gasteiger partial charge in [-0.1, -0.05) is 0 Å². The van der Waals surface area contributed by atoms with Crippen molar-refractivity contribution in [2.45, 2.75) is 6.92 Å². The number of anilines is 2. The zero-order valence-electron chi connectivity index (χ0n) is 9.64. The van der Waals surface area contributed by atoms with Crippen LogP contribution in [-0.4, -0.2) is 20.7 Å². The minimum absolute atomic E-state index is 0.244. The van der Waals surface area contributed by atoms with E-state index in [0.29, 0.717) is 17.1 Å². The Bertz CT molecular complexity index is 561. The number of carbonyl (C=O) groups excluding carboxylic acids is 1. The predicted molar refractivity (Wildman–Crippen MR) is 64.5 cm³/mol. The molecule has 0 saturated heterocycles. The summed E-state index contributed by atoms with van der Waals surface area (Å²) in [4.78, 5) is 15.8. The van der Waals surface area contributed by atoms with Gasteiger partial charge in [0.2, 0.25) is 0 Å². The van der Waals surface area contributed by atoms with Gasteiger partial charge < -0.3 is 11.1 Å². The summed E-state index contributed by atoms with van der Waals surface area (Å²) in [5.74, 6) is -0.244. The van der Waals surface area contributed by atoms with Crippen LogP contribution in [0.25, 0.3) is 0 Å². The van der Waals surface area contributed by atoms with Crippen molar-refractivity contribution in [3.8, 4) is 0 Å². The van der Waals surface area contributed by atoms with Crippen molar-refractivity contribution < 1.29 is 4.79 Å². The van der Waals surface area contributed by atoms with Crippen LogP contribution in [0.2, 0.25) is 0 Å². The maximum atomic E-state index is 12.0. The van der Waals surface area contributed by atoms with Crippen molar-refractivity contribution in [3.63, 3.8) is 0 Å². The first-order valence-corrected chi connectivity index (χ1v) is 5.09. The number of aromatic nitrogens is 3. The van der Waals surface area contributed by atoms with Gasteiger partial charge in [-0.15, -0.1) is 0 Å². The fourth-order valence-electron chi connectivity index (χ4n) is 1.53. The van der Waals surface area contributed by atoms with Gasteiger partial charge in [-0.3, -0.25) is 14.5 Å². The zero-order valence-corrected chi connectivity index (χ0v) is 9.64. The smallest absolute Gasteiger partial charge is 0.273 e. The Morgan fingerprint density at radius 3 is 2.88 bits per heavy atom. The molecule has 0 radical (unpaired) electrons. The van der Waals surface area contributed by atoms with Gasteiger partial charge in [0, 0.05) is 13.2 Å². The summed E-state index contributed by atoms with van der Waals surface area (Å²) in [6.45, 7) is 1.83. The fourth-order valence-corrected chi connectivity index (χ4v) is 1.53. The van der Waals surface area contributed by atoms with E-state index in [-0.39, 0.29) is 5.91 Å². The van der Waals surface area contributed by atoms with E-state index in [1.807, 2.05) is 6.92 Å². The van der Waals surface area contributed by atoms with Crippen LogP contribution < -0.4 is 11.1 Å². The number of nitrogens with two attached hydrogens (primary N) is 1. The van der Waals surface area contributed by atoms with Gasteiger partial charge in [0.1, 0.15) is 5.69 Å². The molecule has 0 aromatic carbocycles. The molecule has 0 spiro atoms. The second kappa shape index (κ2) is 4.25. The van der Waals surface area contributed by atoms with Crippen LogP contribution in [0, 0.1) is 6.92 Å². The third kappa shape index (κ3) is 2.25. The molecule has 6 heteroatoms. The van der Waals surface area contributed by atoms with Gasteiger partial charge in [-0.25, -0.2) is 0 Å². The van der Waals surface area contributed by atoms with E-state index in [9.17, 15) is 4.79 Å². The molecule has 0 unspecified atom stereocenters. The molecule has 2 aromatic heterocycles. The molecule has 0 bridgehead atoms. The topological polar surface area (TPSA) is 85.8 Å². The zero-order chi connectivity index (χ0) is 12.4. The Morgan fingerprint density at radius 1 is 1.53 bits per heavy atom. The summed E-state index contributed by atoms with van der Waals surface area (Å²) in [6, 6.07) is 3.36. The van der Waals surface area contributed by atoms with Crippen LogP contribution in [0.15, 0.2) is 24.5 Å². The molecule has 0 fully saturated rings. The lowest BCUT2D eigenvalue weighted by Gasteiger charge is -2.07. The molecule has 0 aliphatic carbocycles. The molecule has 2 heterocycles. The van der Waals surface area contributed by atoms with Crippen molar-refractivity contribution in [2.75, 3.05) is 11.1 Å². The summed E-state index contributed by atoms with van der Waals surface area (Å²) in [7, 11) is 1.72. The molecule has 0 aliphatic rings. The Hall–Kier alpha value is -2.37.